The molecule has 3 aromatic rings. The summed E-state index contributed by atoms with van der Waals surface area (Å²) in [7, 11) is 0. The largest absolute Gasteiger partial charge is 0.377 e. The minimum Gasteiger partial charge on any atom is -0.377 e. The summed E-state index contributed by atoms with van der Waals surface area (Å²) in [6, 6.07) is 14.5. The second-order valence-electron chi connectivity index (χ2n) is 6.87. The molecule has 1 aliphatic heterocycles. The average molecular weight is 401 g/mol. The van der Waals surface area contributed by atoms with E-state index in [-0.39, 0.29) is 0 Å². The van der Waals surface area contributed by atoms with Gasteiger partial charge in [0, 0.05) is 30.3 Å². The van der Waals surface area contributed by atoms with Gasteiger partial charge in [0.25, 0.3) is 0 Å². The summed E-state index contributed by atoms with van der Waals surface area (Å²) in [6.45, 7) is 5.33. The van der Waals surface area contributed by atoms with Crippen LogP contribution < -0.4 is 0 Å². The molecule has 4 rings (SSSR count). The number of hydrogen-bond acceptors (Lipinski definition) is 5. The second kappa shape index (κ2) is 8.48. The van der Waals surface area contributed by atoms with Crippen molar-refractivity contribution < 1.29 is 4.74 Å². The van der Waals surface area contributed by atoms with Crippen LogP contribution in [0.1, 0.15) is 23.5 Å². The third kappa shape index (κ3) is 4.38. The standard InChI is InChI=1S/C20H24N4OS2/c1-16-21-23(20(26)24(16)17-7-3-2-4-8-17)15-22(13-18-9-5-11-25-18)14-19-10-6-12-27-19/h2-4,6-8,10,12,18H,5,9,11,13-15H2,1H3/t18-/m0/s1. The summed E-state index contributed by atoms with van der Waals surface area (Å²) < 4.78 is 10.6. The van der Waals surface area contributed by atoms with E-state index in [1.54, 1.807) is 11.3 Å². The number of nitrogens with zero attached hydrogens (tertiary/aromatic N) is 4. The van der Waals surface area contributed by atoms with Gasteiger partial charge in [0.05, 0.1) is 12.8 Å². The molecule has 0 unspecified atom stereocenters. The lowest BCUT2D eigenvalue weighted by atomic mass is 10.2. The predicted molar refractivity (Wildman–Crippen MR) is 111 cm³/mol. The van der Waals surface area contributed by atoms with Gasteiger partial charge in [-0.05, 0) is 55.6 Å². The Hall–Kier alpha value is -1.80. The summed E-state index contributed by atoms with van der Waals surface area (Å²) in [5.41, 5.74) is 1.05. The van der Waals surface area contributed by atoms with E-state index in [2.05, 4.69) is 34.5 Å². The van der Waals surface area contributed by atoms with Gasteiger partial charge in [-0.2, -0.15) is 5.10 Å². The zero-order valence-electron chi connectivity index (χ0n) is 15.5. The number of aryl methyl sites for hydroxylation is 1. The molecule has 7 heteroatoms. The first-order valence-corrected chi connectivity index (χ1v) is 10.6. The van der Waals surface area contributed by atoms with Gasteiger partial charge < -0.3 is 4.74 Å². The second-order valence-corrected chi connectivity index (χ2v) is 8.26. The number of rotatable bonds is 7. The molecule has 0 N–H and O–H groups in total. The minimum atomic E-state index is 0.302. The molecule has 0 aliphatic carbocycles. The molecule has 1 fully saturated rings. The van der Waals surface area contributed by atoms with E-state index in [4.69, 9.17) is 22.1 Å². The van der Waals surface area contributed by atoms with Crippen LogP contribution in [0.15, 0.2) is 47.8 Å². The van der Waals surface area contributed by atoms with Crippen molar-refractivity contribution in [3.05, 3.63) is 63.3 Å². The highest BCUT2D eigenvalue weighted by molar-refractivity contribution is 7.71. The van der Waals surface area contributed by atoms with Gasteiger partial charge in [-0.1, -0.05) is 24.3 Å². The first-order chi connectivity index (χ1) is 13.2. The summed E-state index contributed by atoms with van der Waals surface area (Å²) >= 11 is 7.54. The Bertz CT molecular complexity index is 911. The Morgan fingerprint density at radius 1 is 1.26 bits per heavy atom. The van der Waals surface area contributed by atoms with Gasteiger partial charge in [0.1, 0.15) is 5.82 Å². The topological polar surface area (TPSA) is 35.2 Å². The number of hydrogen-bond donors (Lipinski definition) is 0. The Morgan fingerprint density at radius 2 is 2.11 bits per heavy atom. The van der Waals surface area contributed by atoms with Gasteiger partial charge >= 0.3 is 0 Å². The summed E-state index contributed by atoms with van der Waals surface area (Å²) in [6.07, 6.45) is 2.58. The Morgan fingerprint density at radius 3 is 2.81 bits per heavy atom. The van der Waals surface area contributed by atoms with Crippen LogP contribution in [0.2, 0.25) is 0 Å². The SMILES string of the molecule is Cc1nn(CN(Cc2cccs2)C[C@@H]2CCCO2)c(=S)n1-c1ccccc1. The van der Waals surface area contributed by atoms with Crippen molar-refractivity contribution in [1.29, 1.82) is 0 Å². The maximum absolute atomic E-state index is 5.87. The smallest absolute Gasteiger partial charge is 0.203 e. The number of ether oxygens (including phenoxy) is 1. The van der Waals surface area contributed by atoms with Crippen LogP contribution >= 0.6 is 23.6 Å². The summed E-state index contributed by atoms with van der Waals surface area (Å²) in [5.74, 6) is 0.902. The van der Waals surface area contributed by atoms with Crippen LogP contribution in [-0.4, -0.2) is 38.5 Å². The molecule has 1 saturated heterocycles. The zero-order valence-corrected chi connectivity index (χ0v) is 17.1. The number of para-hydroxylation sites is 1. The van der Waals surface area contributed by atoms with Crippen molar-refractivity contribution in [3.8, 4) is 5.69 Å². The van der Waals surface area contributed by atoms with Crippen molar-refractivity contribution in [3.63, 3.8) is 0 Å². The molecule has 1 aromatic carbocycles. The van der Waals surface area contributed by atoms with Crippen molar-refractivity contribution in [1.82, 2.24) is 19.2 Å². The van der Waals surface area contributed by atoms with Crippen molar-refractivity contribution in [2.45, 2.75) is 39.1 Å². The quantitative estimate of drug-likeness (QED) is 0.550. The lowest BCUT2D eigenvalue weighted by molar-refractivity contribution is 0.0571. The molecule has 0 radical (unpaired) electrons. The lowest BCUT2D eigenvalue weighted by Gasteiger charge is -2.24. The molecule has 0 amide bonds. The minimum absolute atomic E-state index is 0.302. The summed E-state index contributed by atoms with van der Waals surface area (Å²) in [4.78, 5) is 3.73. The fourth-order valence-electron chi connectivity index (χ4n) is 3.54. The number of benzene rings is 1. The van der Waals surface area contributed by atoms with Crippen LogP contribution in [0.5, 0.6) is 0 Å². The van der Waals surface area contributed by atoms with Crippen LogP contribution in [0.25, 0.3) is 5.69 Å². The predicted octanol–water partition coefficient (Wildman–Crippen LogP) is 4.41. The maximum Gasteiger partial charge on any atom is 0.203 e. The number of thiophene rings is 1. The molecule has 3 heterocycles. The van der Waals surface area contributed by atoms with Gasteiger partial charge in [0.15, 0.2) is 0 Å². The van der Waals surface area contributed by atoms with Gasteiger partial charge in [-0.25, -0.2) is 4.68 Å². The highest BCUT2D eigenvalue weighted by atomic mass is 32.1. The Labute approximate surface area is 168 Å². The lowest BCUT2D eigenvalue weighted by Crippen LogP contribution is -2.33. The van der Waals surface area contributed by atoms with E-state index >= 15 is 0 Å². The van der Waals surface area contributed by atoms with E-state index in [1.165, 1.54) is 4.88 Å². The molecule has 0 saturated carbocycles. The van der Waals surface area contributed by atoms with Crippen LogP contribution in [0.4, 0.5) is 0 Å². The molecular formula is C20H24N4OS2. The first kappa shape index (κ1) is 18.6. The third-order valence-electron chi connectivity index (χ3n) is 4.79. The van der Waals surface area contributed by atoms with Crippen LogP contribution in [0.3, 0.4) is 0 Å². The van der Waals surface area contributed by atoms with E-state index in [0.29, 0.717) is 12.8 Å². The fourth-order valence-corrected chi connectivity index (χ4v) is 4.63. The first-order valence-electron chi connectivity index (χ1n) is 9.29. The van der Waals surface area contributed by atoms with Crippen molar-refractivity contribution in [2.75, 3.05) is 13.2 Å². The molecule has 27 heavy (non-hydrogen) atoms. The van der Waals surface area contributed by atoms with Gasteiger partial charge in [0.2, 0.25) is 4.77 Å². The molecule has 0 bridgehead atoms. The molecule has 1 aliphatic rings. The normalized spacial score (nSPS) is 17.0. The fraction of sp³-hybridized carbons (Fsp3) is 0.400. The third-order valence-corrected chi connectivity index (χ3v) is 6.05. The Kier molecular flexibility index (Phi) is 5.83. The van der Waals surface area contributed by atoms with E-state index in [9.17, 15) is 0 Å². The van der Waals surface area contributed by atoms with Crippen LogP contribution in [-0.2, 0) is 18.0 Å². The van der Waals surface area contributed by atoms with Gasteiger partial charge in [-0.3, -0.25) is 9.47 Å². The highest BCUT2D eigenvalue weighted by Gasteiger charge is 2.21. The zero-order chi connectivity index (χ0) is 18.6. The summed E-state index contributed by atoms with van der Waals surface area (Å²) in [5, 5.41) is 6.85. The van der Waals surface area contributed by atoms with Crippen molar-refractivity contribution >= 4 is 23.6 Å². The maximum atomic E-state index is 5.87. The average Bonchev–Trinajstić information content (AvgIpc) is 3.40. The van der Waals surface area contributed by atoms with E-state index < -0.39 is 0 Å². The molecule has 0 spiro atoms. The van der Waals surface area contributed by atoms with Gasteiger partial charge in [-0.15, -0.1) is 11.3 Å². The highest BCUT2D eigenvalue weighted by Crippen LogP contribution is 2.19. The van der Waals surface area contributed by atoms with Crippen LogP contribution in [0, 0.1) is 11.7 Å². The Balaban J connectivity index is 1.57. The number of aromatic nitrogens is 3. The molecule has 2 aromatic heterocycles. The molecule has 142 valence electrons. The molecule has 5 nitrogen and oxygen atoms in total. The van der Waals surface area contributed by atoms with E-state index in [1.807, 2.05) is 34.4 Å². The molecule has 1 atom stereocenters. The molecular weight excluding hydrogens is 376 g/mol. The monoisotopic (exact) mass is 400 g/mol. The van der Waals surface area contributed by atoms with Crippen molar-refractivity contribution in [2.24, 2.45) is 0 Å². The van der Waals surface area contributed by atoms with E-state index in [0.717, 1.165) is 48.8 Å².